The van der Waals surface area contributed by atoms with Crippen molar-refractivity contribution in [3.05, 3.63) is 30.1 Å². The molecule has 0 aliphatic carbocycles. The molecule has 1 aromatic heterocycles. The number of likely N-dealkylation sites (tertiary alicyclic amines) is 1. The fraction of sp³-hybridized carbons (Fsp3) is 0.615. The van der Waals surface area contributed by atoms with E-state index in [9.17, 15) is 0 Å². The predicted molar refractivity (Wildman–Crippen MR) is 66.5 cm³/mol. The van der Waals surface area contributed by atoms with Gasteiger partial charge in [0, 0.05) is 37.4 Å². The van der Waals surface area contributed by atoms with E-state index in [4.69, 9.17) is 0 Å². The summed E-state index contributed by atoms with van der Waals surface area (Å²) in [5.74, 6) is 0. The second-order valence-electron chi connectivity index (χ2n) is 4.55. The molecule has 1 aliphatic rings. The van der Waals surface area contributed by atoms with Gasteiger partial charge in [-0.15, -0.1) is 0 Å². The van der Waals surface area contributed by atoms with E-state index in [1.807, 2.05) is 18.3 Å². The van der Waals surface area contributed by atoms with Crippen molar-refractivity contribution in [2.24, 2.45) is 0 Å². The number of hydrogen-bond acceptors (Lipinski definition) is 3. The third kappa shape index (κ3) is 3.29. The summed E-state index contributed by atoms with van der Waals surface area (Å²) in [6.45, 7) is 3.40. The molecule has 1 fully saturated rings. The average Bonchev–Trinajstić information content (AvgIpc) is 2.72. The van der Waals surface area contributed by atoms with Gasteiger partial charge in [0.1, 0.15) is 0 Å². The SMILES string of the molecule is CN1CCCC1CNCCc1ccccn1. The van der Waals surface area contributed by atoms with Gasteiger partial charge < -0.3 is 10.2 Å². The minimum absolute atomic E-state index is 0.740. The summed E-state index contributed by atoms with van der Waals surface area (Å²) in [5.41, 5.74) is 1.18. The van der Waals surface area contributed by atoms with E-state index >= 15 is 0 Å². The lowest BCUT2D eigenvalue weighted by molar-refractivity contribution is 0.301. The van der Waals surface area contributed by atoms with Crippen LogP contribution in [0.1, 0.15) is 18.5 Å². The van der Waals surface area contributed by atoms with Crippen LogP contribution in [0.4, 0.5) is 0 Å². The number of pyridine rings is 1. The molecule has 88 valence electrons. The van der Waals surface area contributed by atoms with E-state index in [0.29, 0.717) is 0 Å². The highest BCUT2D eigenvalue weighted by atomic mass is 15.2. The lowest BCUT2D eigenvalue weighted by Crippen LogP contribution is -2.36. The maximum absolute atomic E-state index is 4.31. The van der Waals surface area contributed by atoms with Gasteiger partial charge >= 0.3 is 0 Å². The average molecular weight is 219 g/mol. The van der Waals surface area contributed by atoms with Crippen LogP contribution in [-0.2, 0) is 6.42 Å². The van der Waals surface area contributed by atoms with Gasteiger partial charge in [-0.1, -0.05) is 6.07 Å². The summed E-state index contributed by atoms with van der Waals surface area (Å²) in [6, 6.07) is 6.84. The van der Waals surface area contributed by atoms with Crippen molar-refractivity contribution in [2.45, 2.75) is 25.3 Å². The van der Waals surface area contributed by atoms with Gasteiger partial charge in [0.15, 0.2) is 0 Å². The van der Waals surface area contributed by atoms with Crippen LogP contribution in [0.25, 0.3) is 0 Å². The fourth-order valence-corrected chi connectivity index (χ4v) is 2.27. The summed E-state index contributed by atoms with van der Waals surface area (Å²) in [5, 5.41) is 3.52. The van der Waals surface area contributed by atoms with Gasteiger partial charge in [0.05, 0.1) is 0 Å². The molecule has 16 heavy (non-hydrogen) atoms. The molecule has 1 atom stereocenters. The first-order chi connectivity index (χ1) is 7.86. The molecule has 0 bridgehead atoms. The highest BCUT2D eigenvalue weighted by molar-refractivity contribution is 5.03. The van der Waals surface area contributed by atoms with E-state index < -0.39 is 0 Å². The number of nitrogens with one attached hydrogen (secondary N) is 1. The molecule has 1 aromatic rings. The largest absolute Gasteiger partial charge is 0.315 e. The summed E-state index contributed by atoms with van der Waals surface area (Å²) >= 11 is 0. The quantitative estimate of drug-likeness (QED) is 0.757. The van der Waals surface area contributed by atoms with Crippen molar-refractivity contribution >= 4 is 0 Å². The number of aromatic nitrogens is 1. The lowest BCUT2D eigenvalue weighted by Gasteiger charge is -2.19. The molecule has 3 heteroatoms. The van der Waals surface area contributed by atoms with Crippen molar-refractivity contribution in [3.63, 3.8) is 0 Å². The van der Waals surface area contributed by atoms with Crippen molar-refractivity contribution in [2.75, 3.05) is 26.7 Å². The smallest absolute Gasteiger partial charge is 0.0416 e. The van der Waals surface area contributed by atoms with Gasteiger partial charge in [-0.05, 0) is 38.6 Å². The second-order valence-corrected chi connectivity index (χ2v) is 4.55. The van der Waals surface area contributed by atoms with E-state index in [2.05, 4.69) is 28.3 Å². The first-order valence-electron chi connectivity index (χ1n) is 6.17. The number of likely N-dealkylation sites (N-methyl/N-ethyl adjacent to an activating group) is 1. The molecule has 2 heterocycles. The van der Waals surface area contributed by atoms with Crippen molar-refractivity contribution < 1.29 is 0 Å². The van der Waals surface area contributed by atoms with Crippen LogP contribution in [0.15, 0.2) is 24.4 Å². The van der Waals surface area contributed by atoms with Crippen LogP contribution in [0, 0.1) is 0 Å². The third-order valence-electron chi connectivity index (χ3n) is 3.34. The van der Waals surface area contributed by atoms with Gasteiger partial charge in [-0.25, -0.2) is 0 Å². The van der Waals surface area contributed by atoms with Gasteiger partial charge in [-0.2, -0.15) is 0 Å². The number of rotatable bonds is 5. The molecule has 3 nitrogen and oxygen atoms in total. The molecule has 0 radical (unpaired) electrons. The minimum atomic E-state index is 0.740. The third-order valence-corrected chi connectivity index (χ3v) is 3.34. The molecule has 0 spiro atoms. The summed E-state index contributed by atoms with van der Waals surface area (Å²) in [7, 11) is 2.22. The van der Waals surface area contributed by atoms with Crippen molar-refractivity contribution in [1.29, 1.82) is 0 Å². The van der Waals surface area contributed by atoms with Crippen LogP contribution >= 0.6 is 0 Å². The van der Waals surface area contributed by atoms with E-state index in [1.54, 1.807) is 0 Å². The second kappa shape index (κ2) is 5.97. The monoisotopic (exact) mass is 219 g/mol. The summed E-state index contributed by atoms with van der Waals surface area (Å²) < 4.78 is 0. The Morgan fingerprint density at radius 3 is 3.12 bits per heavy atom. The Morgan fingerprint density at radius 1 is 1.50 bits per heavy atom. The summed E-state index contributed by atoms with van der Waals surface area (Å²) in [6.07, 6.45) is 5.58. The van der Waals surface area contributed by atoms with Crippen molar-refractivity contribution in [3.8, 4) is 0 Å². The number of hydrogen-bond donors (Lipinski definition) is 1. The zero-order chi connectivity index (χ0) is 11.2. The first-order valence-corrected chi connectivity index (χ1v) is 6.17. The van der Waals surface area contributed by atoms with Crippen LogP contribution < -0.4 is 5.32 Å². The lowest BCUT2D eigenvalue weighted by atomic mass is 10.2. The van der Waals surface area contributed by atoms with Crippen molar-refractivity contribution in [1.82, 2.24) is 15.2 Å². The normalized spacial score (nSPS) is 21.4. The molecule has 1 aliphatic heterocycles. The maximum atomic E-state index is 4.31. The highest BCUT2D eigenvalue weighted by Crippen LogP contribution is 2.13. The maximum Gasteiger partial charge on any atom is 0.0416 e. The predicted octanol–water partition coefficient (Wildman–Crippen LogP) is 1.31. The topological polar surface area (TPSA) is 28.2 Å². The molecule has 1 N–H and O–H groups in total. The van der Waals surface area contributed by atoms with Gasteiger partial charge in [-0.3, -0.25) is 4.98 Å². The van der Waals surface area contributed by atoms with Crippen LogP contribution in [-0.4, -0.2) is 42.6 Å². The van der Waals surface area contributed by atoms with Crippen LogP contribution in [0.5, 0.6) is 0 Å². The van der Waals surface area contributed by atoms with E-state index in [0.717, 1.165) is 25.6 Å². The molecule has 0 amide bonds. The van der Waals surface area contributed by atoms with Crippen LogP contribution in [0.3, 0.4) is 0 Å². The summed E-state index contributed by atoms with van der Waals surface area (Å²) in [4.78, 5) is 6.76. The molecular formula is C13H21N3. The highest BCUT2D eigenvalue weighted by Gasteiger charge is 2.19. The van der Waals surface area contributed by atoms with Crippen LogP contribution in [0.2, 0.25) is 0 Å². The Labute approximate surface area is 97.9 Å². The Hall–Kier alpha value is -0.930. The number of nitrogens with zero attached hydrogens (tertiary/aromatic N) is 2. The molecule has 0 aromatic carbocycles. The minimum Gasteiger partial charge on any atom is -0.315 e. The zero-order valence-electron chi connectivity index (χ0n) is 10.0. The molecule has 1 unspecified atom stereocenters. The molecule has 0 saturated carbocycles. The van der Waals surface area contributed by atoms with Gasteiger partial charge in [0.25, 0.3) is 0 Å². The van der Waals surface area contributed by atoms with E-state index in [1.165, 1.54) is 25.1 Å². The molecule has 1 saturated heterocycles. The van der Waals surface area contributed by atoms with E-state index in [-0.39, 0.29) is 0 Å². The molecular weight excluding hydrogens is 198 g/mol. The Kier molecular flexibility index (Phi) is 4.31. The Morgan fingerprint density at radius 2 is 2.44 bits per heavy atom. The standard InChI is InChI=1S/C13H21N3/c1-16-10-4-6-13(16)11-14-9-7-12-5-2-3-8-15-12/h2-3,5,8,13-14H,4,6-7,9-11H2,1H3. The fourth-order valence-electron chi connectivity index (χ4n) is 2.27. The molecule has 2 rings (SSSR count). The van der Waals surface area contributed by atoms with Gasteiger partial charge in [0.2, 0.25) is 0 Å². The first kappa shape index (κ1) is 11.6. The zero-order valence-corrected chi connectivity index (χ0v) is 10.0. The Bertz CT molecular complexity index is 299. The Balaban J connectivity index is 1.62.